The highest BCUT2D eigenvalue weighted by Gasteiger charge is 2.28. The standard InChI is InChI=1S/C25H32ClN3O3S/c1-19-8-10-22(33(31,32)29-11-5-3-4-6-12-29)18-23(19)25(30)28-15-13-27(14-16-28)24-17-21(26)9-7-20(24)2/h7-10,17-18H,3-6,11-16H2,1-2H3. The third-order valence-electron chi connectivity index (χ3n) is 6.72. The summed E-state index contributed by atoms with van der Waals surface area (Å²) in [5.74, 6) is -0.108. The van der Waals surface area contributed by atoms with Crippen molar-refractivity contribution in [1.82, 2.24) is 9.21 Å². The highest BCUT2D eigenvalue weighted by atomic mass is 35.5. The number of aryl methyl sites for hydroxylation is 2. The van der Waals surface area contributed by atoms with Gasteiger partial charge in [0.1, 0.15) is 0 Å². The maximum Gasteiger partial charge on any atom is 0.254 e. The van der Waals surface area contributed by atoms with E-state index >= 15 is 0 Å². The van der Waals surface area contributed by atoms with E-state index in [1.54, 1.807) is 22.5 Å². The van der Waals surface area contributed by atoms with E-state index in [1.165, 1.54) is 0 Å². The lowest BCUT2D eigenvalue weighted by atomic mass is 10.1. The molecule has 4 rings (SSSR count). The van der Waals surface area contributed by atoms with Crippen LogP contribution < -0.4 is 4.90 Å². The number of anilines is 1. The Kier molecular flexibility index (Phi) is 7.31. The van der Waals surface area contributed by atoms with Gasteiger partial charge in [0.2, 0.25) is 10.0 Å². The summed E-state index contributed by atoms with van der Waals surface area (Å²) in [6.07, 6.45) is 3.88. The Bertz CT molecular complexity index is 1120. The first-order valence-corrected chi connectivity index (χ1v) is 13.5. The Hall–Kier alpha value is -2.09. The summed E-state index contributed by atoms with van der Waals surface area (Å²) in [4.78, 5) is 17.7. The summed E-state index contributed by atoms with van der Waals surface area (Å²) in [5, 5.41) is 0.701. The van der Waals surface area contributed by atoms with Crippen LogP contribution >= 0.6 is 11.6 Å². The number of piperazine rings is 1. The normalized spacial score (nSPS) is 18.3. The number of hydrogen-bond acceptors (Lipinski definition) is 4. The van der Waals surface area contributed by atoms with Gasteiger partial charge >= 0.3 is 0 Å². The SMILES string of the molecule is Cc1ccc(S(=O)(=O)N2CCCCCC2)cc1C(=O)N1CCN(c2cc(Cl)ccc2C)CC1. The summed E-state index contributed by atoms with van der Waals surface area (Å²) in [7, 11) is -3.60. The fourth-order valence-electron chi connectivity index (χ4n) is 4.67. The fraction of sp³-hybridized carbons (Fsp3) is 0.480. The number of halogens is 1. The van der Waals surface area contributed by atoms with Gasteiger partial charge in [-0.05, 0) is 62.1 Å². The minimum absolute atomic E-state index is 0.108. The van der Waals surface area contributed by atoms with Crippen LogP contribution in [0.4, 0.5) is 5.69 Å². The van der Waals surface area contributed by atoms with E-state index in [0.29, 0.717) is 49.9 Å². The van der Waals surface area contributed by atoms with Crippen molar-refractivity contribution in [2.24, 2.45) is 0 Å². The van der Waals surface area contributed by atoms with Gasteiger partial charge in [-0.15, -0.1) is 0 Å². The van der Waals surface area contributed by atoms with Gasteiger partial charge in [0.15, 0.2) is 0 Å². The molecule has 2 aliphatic heterocycles. The van der Waals surface area contributed by atoms with E-state index in [4.69, 9.17) is 11.6 Å². The minimum Gasteiger partial charge on any atom is -0.368 e. The smallest absolute Gasteiger partial charge is 0.254 e. The zero-order valence-electron chi connectivity index (χ0n) is 19.4. The Morgan fingerprint density at radius 1 is 0.818 bits per heavy atom. The van der Waals surface area contributed by atoms with Crippen molar-refractivity contribution in [3.8, 4) is 0 Å². The van der Waals surface area contributed by atoms with Crippen LogP contribution in [-0.4, -0.2) is 62.8 Å². The molecule has 1 amide bonds. The molecule has 0 radical (unpaired) electrons. The van der Waals surface area contributed by atoms with Crippen molar-refractivity contribution >= 4 is 33.2 Å². The maximum atomic E-state index is 13.4. The van der Waals surface area contributed by atoms with Crippen LogP contribution in [0.2, 0.25) is 5.02 Å². The number of rotatable bonds is 4. The van der Waals surface area contributed by atoms with Crippen LogP contribution in [0.5, 0.6) is 0 Å². The number of hydrogen-bond donors (Lipinski definition) is 0. The first kappa shape index (κ1) is 24.0. The predicted molar refractivity (Wildman–Crippen MR) is 133 cm³/mol. The van der Waals surface area contributed by atoms with Gasteiger partial charge in [0, 0.05) is 55.5 Å². The van der Waals surface area contributed by atoms with Crippen molar-refractivity contribution in [3.63, 3.8) is 0 Å². The number of nitrogens with zero attached hydrogens (tertiary/aromatic N) is 3. The van der Waals surface area contributed by atoms with Gasteiger partial charge < -0.3 is 9.80 Å². The van der Waals surface area contributed by atoms with Gasteiger partial charge in [-0.25, -0.2) is 8.42 Å². The lowest BCUT2D eigenvalue weighted by Gasteiger charge is -2.37. The number of amides is 1. The number of carbonyl (C=O) groups excluding carboxylic acids is 1. The fourth-order valence-corrected chi connectivity index (χ4v) is 6.38. The van der Waals surface area contributed by atoms with E-state index in [-0.39, 0.29) is 10.8 Å². The molecule has 0 aliphatic carbocycles. The van der Waals surface area contributed by atoms with Gasteiger partial charge in [-0.3, -0.25) is 4.79 Å². The summed E-state index contributed by atoms with van der Waals surface area (Å²) in [5.41, 5.74) is 3.51. The zero-order valence-corrected chi connectivity index (χ0v) is 21.0. The molecule has 0 saturated carbocycles. The topological polar surface area (TPSA) is 60.9 Å². The molecule has 0 unspecified atom stereocenters. The third-order valence-corrected chi connectivity index (χ3v) is 8.85. The maximum absolute atomic E-state index is 13.4. The van der Waals surface area contributed by atoms with Gasteiger partial charge in [-0.2, -0.15) is 4.31 Å². The quantitative estimate of drug-likeness (QED) is 0.635. The molecule has 0 aromatic heterocycles. The minimum atomic E-state index is -3.60. The molecule has 8 heteroatoms. The summed E-state index contributed by atoms with van der Waals surface area (Å²) in [6, 6.07) is 10.8. The zero-order chi connectivity index (χ0) is 23.6. The van der Waals surface area contributed by atoms with Gasteiger partial charge in [0.05, 0.1) is 4.90 Å². The first-order valence-electron chi connectivity index (χ1n) is 11.7. The van der Waals surface area contributed by atoms with Crippen molar-refractivity contribution in [3.05, 3.63) is 58.1 Å². The van der Waals surface area contributed by atoms with Crippen LogP contribution in [0.25, 0.3) is 0 Å². The molecule has 2 heterocycles. The molecule has 6 nitrogen and oxygen atoms in total. The molecule has 33 heavy (non-hydrogen) atoms. The van der Waals surface area contributed by atoms with Crippen LogP contribution in [-0.2, 0) is 10.0 Å². The van der Waals surface area contributed by atoms with Crippen molar-refractivity contribution < 1.29 is 13.2 Å². The average Bonchev–Trinajstić information content (AvgIpc) is 3.11. The van der Waals surface area contributed by atoms with E-state index in [1.807, 2.05) is 30.0 Å². The molecule has 2 saturated heterocycles. The number of carbonyl (C=O) groups is 1. The van der Waals surface area contributed by atoms with Crippen LogP contribution in [0.15, 0.2) is 41.3 Å². The molecule has 178 valence electrons. The van der Waals surface area contributed by atoms with E-state index in [9.17, 15) is 13.2 Å². The highest BCUT2D eigenvalue weighted by Crippen LogP contribution is 2.27. The summed E-state index contributed by atoms with van der Waals surface area (Å²) < 4.78 is 28.1. The molecule has 0 N–H and O–H groups in total. The van der Waals surface area contributed by atoms with Crippen molar-refractivity contribution in [1.29, 1.82) is 0 Å². The second-order valence-electron chi connectivity index (χ2n) is 9.01. The largest absolute Gasteiger partial charge is 0.368 e. The Balaban J connectivity index is 1.50. The van der Waals surface area contributed by atoms with Crippen molar-refractivity contribution in [2.45, 2.75) is 44.4 Å². The highest BCUT2D eigenvalue weighted by molar-refractivity contribution is 7.89. The number of sulfonamides is 1. The van der Waals surface area contributed by atoms with Gasteiger partial charge in [-0.1, -0.05) is 36.6 Å². The predicted octanol–water partition coefficient (Wildman–Crippen LogP) is 4.48. The third kappa shape index (κ3) is 5.20. The molecule has 0 spiro atoms. The van der Waals surface area contributed by atoms with E-state index < -0.39 is 10.0 Å². The number of benzene rings is 2. The monoisotopic (exact) mass is 489 g/mol. The summed E-state index contributed by atoms with van der Waals surface area (Å²) >= 11 is 6.19. The lowest BCUT2D eigenvalue weighted by molar-refractivity contribution is 0.0746. The van der Waals surface area contributed by atoms with Crippen molar-refractivity contribution in [2.75, 3.05) is 44.2 Å². The molecular weight excluding hydrogens is 458 g/mol. The molecule has 2 fully saturated rings. The lowest BCUT2D eigenvalue weighted by Crippen LogP contribution is -2.49. The van der Waals surface area contributed by atoms with Gasteiger partial charge in [0.25, 0.3) is 5.91 Å². The molecule has 2 aromatic rings. The van der Waals surface area contributed by atoms with E-state index in [0.717, 1.165) is 42.5 Å². The average molecular weight is 490 g/mol. The Morgan fingerprint density at radius 2 is 1.45 bits per heavy atom. The van der Waals surface area contributed by atoms with Crippen LogP contribution in [0, 0.1) is 13.8 Å². The molecule has 2 aliphatic rings. The summed E-state index contributed by atoms with van der Waals surface area (Å²) in [6.45, 7) is 7.58. The van der Waals surface area contributed by atoms with Crippen LogP contribution in [0.1, 0.15) is 47.2 Å². The van der Waals surface area contributed by atoms with Crippen LogP contribution in [0.3, 0.4) is 0 Å². The Morgan fingerprint density at radius 3 is 2.12 bits per heavy atom. The molecular formula is C25H32ClN3O3S. The molecule has 0 bridgehead atoms. The first-order chi connectivity index (χ1) is 15.8. The molecule has 2 aromatic carbocycles. The Labute approximate surface area is 202 Å². The second kappa shape index (κ2) is 10.0. The van der Waals surface area contributed by atoms with E-state index in [2.05, 4.69) is 11.8 Å². The second-order valence-corrected chi connectivity index (χ2v) is 11.4. The molecule has 0 atom stereocenters.